The minimum Gasteiger partial charge on any atom is -0.497 e. The number of aliphatic hydroxyl groups is 1. The van der Waals surface area contributed by atoms with Crippen molar-refractivity contribution in [3.63, 3.8) is 0 Å². The second kappa shape index (κ2) is 11.2. The molecule has 1 amide bonds. The number of carbonyl (C=O) groups is 1. The number of aliphatic hydroxyl groups excluding tert-OH is 1. The molecule has 0 aliphatic heterocycles. The van der Waals surface area contributed by atoms with E-state index < -0.39 is 0 Å². The standard InChI is InChI=1S/C22H26N2O3S/c1-17-8-10-18(11-9-17)12-13-21(26)23-22(28)24(14-3-4-15-25)19-6-5-7-20(16-19)27-2/h5-13,16,25H,3-4,14-15H2,1-2H3,(H,23,26,28). The van der Waals surface area contributed by atoms with Gasteiger partial charge in [0.25, 0.3) is 0 Å². The molecule has 0 aliphatic carbocycles. The third kappa shape index (κ3) is 6.79. The fraction of sp³-hybridized carbons (Fsp3) is 0.273. The van der Waals surface area contributed by atoms with E-state index in [-0.39, 0.29) is 12.5 Å². The lowest BCUT2D eigenvalue weighted by Crippen LogP contribution is -2.42. The van der Waals surface area contributed by atoms with Gasteiger partial charge in [-0.3, -0.25) is 10.1 Å². The van der Waals surface area contributed by atoms with E-state index in [1.54, 1.807) is 13.2 Å². The molecule has 0 aliphatic rings. The summed E-state index contributed by atoms with van der Waals surface area (Å²) < 4.78 is 5.28. The molecular weight excluding hydrogens is 372 g/mol. The molecular formula is C22H26N2O3S. The van der Waals surface area contributed by atoms with Crippen molar-refractivity contribution >= 4 is 35.0 Å². The van der Waals surface area contributed by atoms with E-state index in [1.807, 2.05) is 60.4 Å². The first-order chi connectivity index (χ1) is 13.5. The molecule has 0 unspecified atom stereocenters. The van der Waals surface area contributed by atoms with Crippen molar-refractivity contribution in [3.8, 4) is 5.75 Å². The number of nitrogens with zero attached hydrogens (tertiary/aromatic N) is 1. The van der Waals surface area contributed by atoms with Crippen LogP contribution in [0.15, 0.2) is 54.6 Å². The SMILES string of the molecule is COc1cccc(N(CCCCO)C(=S)NC(=O)C=Cc2ccc(C)cc2)c1. The van der Waals surface area contributed by atoms with Crippen molar-refractivity contribution in [2.24, 2.45) is 0 Å². The number of anilines is 1. The van der Waals surface area contributed by atoms with E-state index >= 15 is 0 Å². The number of nitrogens with one attached hydrogen (secondary N) is 1. The molecule has 0 spiro atoms. The van der Waals surface area contributed by atoms with Gasteiger partial charge in [-0.1, -0.05) is 35.9 Å². The maximum atomic E-state index is 12.3. The van der Waals surface area contributed by atoms with E-state index in [0.29, 0.717) is 23.8 Å². The molecule has 0 atom stereocenters. The number of unbranched alkanes of at least 4 members (excludes halogenated alkanes) is 1. The Kier molecular flexibility index (Phi) is 8.65. The summed E-state index contributed by atoms with van der Waals surface area (Å²) in [4.78, 5) is 14.1. The molecule has 0 aromatic heterocycles. The first-order valence-electron chi connectivity index (χ1n) is 9.15. The molecule has 0 radical (unpaired) electrons. The molecule has 2 N–H and O–H groups in total. The van der Waals surface area contributed by atoms with E-state index in [4.69, 9.17) is 22.1 Å². The van der Waals surface area contributed by atoms with Crippen LogP contribution in [-0.4, -0.2) is 36.4 Å². The number of hydrogen-bond donors (Lipinski definition) is 2. The van der Waals surface area contributed by atoms with Crippen LogP contribution in [0.5, 0.6) is 5.75 Å². The number of benzene rings is 2. The molecule has 28 heavy (non-hydrogen) atoms. The molecule has 2 aromatic rings. The summed E-state index contributed by atoms with van der Waals surface area (Å²) in [6.07, 6.45) is 4.61. The minimum atomic E-state index is -0.291. The minimum absolute atomic E-state index is 0.115. The van der Waals surface area contributed by atoms with Gasteiger partial charge in [-0.05, 0) is 55.8 Å². The van der Waals surface area contributed by atoms with Gasteiger partial charge < -0.3 is 14.7 Å². The Hall–Kier alpha value is -2.70. The number of rotatable bonds is 8. The van der Waals surface area contributed by atoms with Crippen LogP contribution >= 0.6 is 12.2 Å². The van der Waals surface area contributed by atoms with E-state index in [0.717, 1.165) is 17.7 Å². The largest absolute Gasteiger partial charge is 0.497 e. The summed E-state index contributed by atoms with van der Waals surface area (Å²) in [5.41, 5.74) is 2.93. The van der Waals surface area contributed by atoms with Crippen molar-refractivity contribution in [3.05, 3.63) is 65.7 Å². The third-order valence-electron chi connectivity index (χ3n) is 4.13. The first-order valence-corrected chi connectivity index (χ1v) is 9.56. The molecule has 148 valence electrons. The molecule has 5 nitrogen and oxygen atoms in total. The Morgan fingerprint density at radius 3 is 2.64 bits per heavy atom. The summed E-state index contributed by atoms with van der Waals surface area (Å²) in [5.74, 6) is 0.415. The van der Waals surface area contributed by atoms with Gasteiger partial charge in [-0.25, -0.2) is 0 Å². The lowest BCUT2D eigenvalue weighted by Gasteiger charge is -2.25. The van der Waals surface area contributed by atoms with Crippen LogP contribution in [-0.2, 0) is 4.79 Å². The maximum absolute atomic E-state index is 12.3. The van der Waals surface area contributed by atoms with Crippen LogP contribution in [0.25, 0.3) is 6.08 Å². The number of amides is 1. The Balaban J connectivity index is 2.07. The smallest absolute Gasteiger partial charge is 0.250 e. The van der Waals surface area contributed by atoms with Crippen molar-refractivity contribution in [1.29, 1.82) is 0 Å². The van der Waals surface area contributed by atoms with Crippen LogP contribution in [0.3, 0.4) is 0 Å². The zero-order valence-electron chi connectivity index (χ0n) is 16.2. The van der Waals surface area contributed by atoms with Gasteiger partial charge in [0.1, 0.15) is 5.75 Å². The number of thiocarbonyl (C=S) groups is 1. The number of carbonyl (C=O) groups excluding carboxylic acids is 1. The van der Waals surface area contributed by atoms with Gasteiger partial charge in [0.05, 0.1) is 7.11 Å². The van der Waals surface area contributed by atoms with Gasteiger partial charge in [-0.15, -0.1) is 0 Å². The zero-order chi connectivity index (χ0) is 20.4. The average Bonchev–Trinajstić information content (AvgIpc) is 2.70. The molecule has 2 aromatic carbocycles. The van der Waals surface area contributed by atoms with Crippen LogP contribution in [0.1, 0.15) is 24.0 Å². The van der Waals surface area contributed by atoms with Crippen molar-refractivity contribution in [2.45, 2.75) is 19.8 Å². The fourth-order valence-electron chi connectivity index (χ4n) is 2.57. The van der Waals surface area contributed by atoms with Crippen LogP contribution in [0.4, 0.5) is 5.69 Å². The van der Waals surface area contributed by atoms with Crippen LogP contribution in [0, 0.1) is 6.92 Å². The highest BCUT2D eigenvalue weighted by molar-refractivity contribution is 7.80. The van der Waals surface area contributed by atoms with Crippen LogP contribution < -0.4 is 15.0 Å². The summed E-state index contributed by atoms with van der Waals surface area (Å²) in [5, 5.41) is 12.1. The Labute approximate surface area is 171 Å². The summed E-state index contributed by atoms with van der Waals surface area (Å²) in [6, 6.07) is 15.4. The Bertz CT molecular complexity index is 819. The second-order valence-electron chi connectivity index (χ2n) is 6.32. The van der Waals surface area contributed by atoms with E-state index in [9.17, 15) is 4.79 Å². The van der Waals surface area contributed by atoms with E-state index in [1.165, 1.54) is 11.6 Å². The normalized spacial score (nSPS) is 10.7. The lowest BCUT2D eigenvalue weighted by atomic mass is 10.1. The van der Waals surface area contributed by atoms with Crippen molar-refractivity contribution in [1.82, 2.24) is 5.32 Å². The van der Waals surface area contributed by atoms with E-state index in [2.05, 4.69) is 5.32 Å². The van der Waals surface area contributed by atoms with Gasteiger partial charge in [0, 0.05) is 31.0 Å². The van der Waals surface area contributed by atoms with Gasteiger partial charge in [-0.2, -0.15) is 0 Å². The van der Waals surface area contributed by atoms with Crippen molar-refractivity contribution in [2.75, 3.05) is 25.2 Å². The monoisotopic (exact) mass is 398 g/mol. The van der Waals surface area contributed by atoms with Gasteiger partial charge in [0.15, 0.2) is 5.11 Å². The highest BCUT2D eigenvalue weighted by Crippen LogP contribution is 2.21. The zero-order valence-corrected chi connectivity index (χ0v) is 17.0. The van der Waals surface area contributed by atoms with Gasteiger partial charge in [0.2, 0.25) is 5.91 Å². The fourth-order valence-corrected chi connectivity index (χ4v) is 2.87. The quantitative estimate of drug-likeness (QED) is 0.403. The molecule has 0 bridgehead atoms. The highest BCUT2D eigenvalue weighted by Gasteiger charge is 2.14. The predicted octanol–water partition coefficient (Wildman–Crippen LogP) is 3.70. The maximum Gasteiger partial charge on any atom is 0.250 e. The number of aryl methyl sites for hydroxylation is 1. The molecule has 6 heteroatoms. The summed E-state index contributed by atoms with van der Waals surface area (Å²) in [7, 11) is 1.60. The lowest BCUT2D eigenvalue weighted by molar-refractivity contribution is -0.115. The topological polar surface area (TPSA) is 61.8 Å². The number of methoxy groups -OCH3 is 1. The molecule has 0 saturated carbocycles. The average molecular weight is 399 g/mol. The van der Waals surface area contributed by atoms with Gasteiger partial charge >= 0.3 is 0 Å². The molecule has 0 saturated heterocycles. The number of hydrogen-bond acceptors (Lipinski definition) is 4. The molecule has 0 fully saturated rings. The van der Waals surface area contributed by atoms with Crippen molar-refractivity contribution < 1.29 is 14.6 Å². The Morgan fingerprint density at radius 2 is 1.96 bits per heavy atom. The summed E-state index contributed by atoms with van der Waals surface area (Å²) >= 11 is 5.47. The molecule has 2 rings (SSSR count). The summed E-state index contributed by atoms with van der Waals surface area (Å²) in [6.45, 7) is 2.71. The Morgan fingerprint density at radius 1 is 1.21 bits per heavy atom. The van der Waals surface area contributed by atoms with Crippen LogP contribution in [0.2, 0.25) is 0 Å². The number of ether oxygens (including phenoxy) is 1. The molecule has 0 heterocycles. The first kappa shape index (κ1) is 21.6. The second-order valence-corrected chi connectivity index (χ2v) is 6.71. The predicted molar refractivity (Wildman–Crippen MR) is 118 cm³/mol. The third-order valence-corrected chi connectivity index (χ3v) is 4.46. The highest BCUT2D eigenvalue weighted by atomic mass is 32.1.